The molecule has 3 aromatic carbocycles. The van der Waals surface area contributed by atoms with Gasteiger partial charge in [-0.25, -0.2) is 4.90 Å². The van der Waals surface area contributed by atoms with Crippen LogP contribution in [-0.4, -0.2) is 34.6 Å². The second kappa shape index (κ2) is 10.8. The number of halogens is 1. The average Bonchev–Trinajstić information content (AvgIpc) is 3.42. The van der Waals surface area contributed by atoms with Crippen LogP contribution in [0.3, 0.4) is 0 Å². The van der Waals surface area contributed by atoms with Gasteiger partial charge in [0.2, 0.25) is 11.8 Å². The van der Waals surface area contributed by atoms with Crippen molar-refractivity contribution in [1.82, 2.24) is 4.98 Å². The van der Waals surface area contributed by atoms with Crippen LogP contribution in [0.4, 0.5) is 11.4 Å². The number of rotatable bonds is 6. The summed E-state index contributed by atoms with van der Waals surface area (Å²) in [5, 5.41) is 2.99. The zero-order valence-corrected chi connectivity index (χ0v) is 24.4. The summed E-state index contributed by atoms with van der Waals surface area (Å²) in [6.07, 6.45) is 0. The van der Waals surface area contributed by atoms with Crippen molar-refractivity contribution in [3.05, 3.63) is 103 Å². The van der Waals surface area contributed by atoms with Crippen LogP contribution >= 0.6 is 34.7 Å². The molecule has 2 N–H and O–H groups in total. The van der Waals surface area contributed by atoms with E-state index in [2.05, 4.69) is 10.3 Å². The van der Waals surface area contributed by atoms with Crippen molar-refractivity contribution < 1.29 is 19.1 Å². The third-order valence-corrected chi connectivity index (χ3v) is 9.72. The molecule has 3 amide bonds. The van der Waals surface area contributed by atoms with Crippen molar-refractivity contribution in [2.24, 2.45) is 5.92 Å². The molecule has 6 rings (SSSR count). The fourth-order valence-corrected chi connectivity index (χ4v) is 7.94. The van der Waals surface area contributed by atoms with Crippen molar-refractivity contribution in [3.8, 4) is 5.75 Å². The number of fused-ring (bicyclic) bond motifs is 2. The molecule has 0 spiro atoms. The molecule has 0 saturated carbocycles. The van der Waals surface area contributed by atoms with Gasteiger partial charge in [0.25, 0.3) is 5.91 Å². The monoisotopic (exact) mass is 605 g/mol. The number of imide groups is 1. The molecule has 8 nitrogen and oxygen atoms in total. The van der Waals surface area contributed by atoms with E-state index in [-0.39, 0.29) is 29.2 Å². The summed E-state index contributed by atoms with van der Waals surface area (Å²) in [7, 11) is 0. The minimum atomic E-state index is -0.810. The Morgan fingerprint density at radius 1 is 1.00 bits per heavy atom. The topological polar surface area (TPSA) is 109 Å². The molecule has 11 heteroatoms. The fourth-order valence-electron chi connectivity index (χ4n) is 5.26. The minimum absolute atomic E-state index is 0.287. The standard InChI is InChI=1S/C30H24ClN3O5S2/c1-15-6-9-19(10-7-15)34-28(36)24-23(25-27(33-30(38)41-25)40-26(24)29(34)37)20-13-17(31)8-11-21(20)39-14-22(35)32-18-5-3-4-16(2)12-18/h3-13,23-24,26H,14H2,1-2H3,(H,32,35)(H,33,38)/t23-,24-,26+/m0/s1. The molecular weight excluding hydrogens is 582 g/mol. The Bertz CT molecular complexity index is 1750. The van der Waals surface area contributed by atoms with Crippen LogP contribution in [0.2, 0.25) is 5.02 Å². The van der Waals surface area contributed by atoms with Crippen LogP contribution in [0.25, 0.3) is 0 Å². The zero-order valence-electron chi connectivity index (χ0n) is 22.0. The number of H-pyrrole nitrogens is 1. The highest BCUT2D eigenvalue weighted by atomic mass is 35.5. The van der Waals surface area contributed by atoms with Gasteiger partial charge in [-0.05, 0) is 61.9 Å². The summed E-state index contributed by atoms with van der Waals surface area (Å²) < 4.78 is 6.00. The first-order valence-electron chi connectivity index (χ1n) is 12.8. The molecule has 0 radical (unpaired) electrons. The number of carbonyl (C=O) groups is 3. The number of nitrogens with zero attached hydrogens (tertiary/aromatic N) is 1. The predicted octanol–water partition coefficient (Wildman–Crippen LogP) is 5.52. The molecular formula is C30H24ClN3O5S2. The van der Waals surface area contributed by atoms with E-state index in [0.717, 1.165) is 22.5 Å². The Morgan fingerprint density at radius 3 is 2.54 bits per heavy atom. The molecule has 0 aliphatic carbocycles. The molecule has 3 atom stereocenters. The smallest absolute Gasteiger partial charge is 0.305 e. The third kappa shape index (κ3) is 5.18. The van der Waals surface area contributed by atoms with E-state index >= 15 is 0 Å². The third-order valence-electron chi connectivity index (χ3n) is 7.08. The molecule has 4 aromatic rings. The van der Waals surface area contributed by atoms with E-state index in [1.165, 1.54) is 16.7 Å². The van der Waals surface area contributed by atoms with Gasteiger partial charge in [-0.2, -0.15) is 0 Å². The van der Waals surface area contributed by atoms with Crippen LogP contribution in [0.1, 0.15) is 27.5 Å². The quantitative estimate of drug-likeness (QED) is 0.280. The Kier molecular flexibility index (Phi) is 7.23. The lowest BCUT2D eigenvalue weighted by molar-refractivity contribution is -0.122. The summed E-state index contributed by atoms with van der Waals surface area (Å²) in [5.74, 6) is -2.24. The van der Waals surface area contributed by atoms with Crippen molar-refractivity contribution in [3.63, 3.8) is 0 Å². The predicted molar refractivity (Wildman–Crippen MR) is 160 cm³/mol. The summed E-state index contributed by atoms with van der Waals surface area (Å²) in [4.78, 5) is 57.3. The van der Waals surface area contributed by atoms with E-state index in [9.17, 15) is 19.2 Å². The van der Waals surface area contributed by atoms with Gasteiger partial charge in [-0.3, -0.25) is 19.2 Å². The number of nitrogens with one attached hydrogen (secondary N) is 2. The number of benzene rings is 3. The molecule has 0 bridgehead atoms. The van der Waals surface area contributed by atoms with Crippen molar-refractivity contribution in [1.29, 1.82) is 0 Å². The highest BCUT2D eigenvalue weighted by Crippen LogP contribution is 2.54. The number of anilines is 2. The Balaban J connectivity index is 1.36. The first-order chi connectivity index (χ1) is 19.7. The number of aromatic amines is 1. The minimum Gasteiger partial charge on any atom is -0.483 e. The second-order valence-electron chi connectivity index (χ2n) is 9.99. The van der Waals surface area contributed by atoms with Gasteiger partial charge >= 0.3 is 4.87 Å². The number of hydrogen-bond acceptors (Lipinski definition) is 7. The highest BCUT2D eigenvalue weighted by Gasteiger charge is 2.56. The number of carbonyl (C=O) groups excluding carboxylic acids is 3. The lowest BCUT2D eigenvalue weighted by Crippen LogP contribution is -2.32. The van der Waals surface area contributed by atoms with Crippen molar-refractivity contribution in [2.45, 2.75) is 30.0 Å². The molecule has 1 aromatic heterocycles. The van der Waals surface area contributed by atoms with Crippen LogP contribution in [-0.2, 0) is 14.4 Å². The van der Waals surface area contributed by atoms with Gasteiger partial charge in [0.1, 0.15) is 11.0 Å². The number of aromatic nitrogens is 1. The zero-order chi connectivity index (χ0) is 28.8. The van der Waals surface area contributed by atoms with Crippen molar-refractivity contribution >= 4 is 63.8 Å². The molecule has 2 aliphatic heterocycles. The lowest BCUT2D eigenvalue weighted by Gasteiger charge is -2.31. The summed E-state index contributed by atoms with van der Waals surface area (Å²) in [6, 6.07) is 19.6. The summed E-state index contributed by atoms with van der Waals surface area (Å²) in [6.45, 7) is 3.57. The van der Waals surface area contributed by atoms with Crippen LogP contribution in [0, 0.1) is 19.8 Å². The van der Waals surface area contributed by atoms with E-state index < -0.39 is 17.1 Å². The molecule has 1 saturated heterocycles. The van der Waals surface area contributed by atoms with Gasteiger partial charge in [-0.1, -0.05) is 64.5 Å². The normalized spacial score (nSPS) is 19.6. The molecule has 2 aliphatic rings. The fraction of sp³-hybridized carbons (Fsp3) is 0.200. The Hall–Kier alpha value is -3.86. The maximum atomic E-state index is 14.0. The second-order valence-corrected chi connectivity index (χ2v) is 12.6. The summed E-state index contributed by atoms with van der Waals surface area (Å²) >= 11 is 8.62. The average molecular weight is 606 g/mol. The number of thioether (sulfide) groups is 1. The van der Waals surface area contributed by atoms with E-state index in [1.54, 1.807) is 36.4 Å². The van der Waals surface area contributed by atoms with Gasteiger partial charge < -0.3 is 15.0 Å². The van der Waals surface area contributed by atoms with E-state index in [1.807, 2.05) is 44.2 Å². The first-order valence-corrected chi connectivity index (χ1v) is 14.9. The Labute approximate surface area is 248 Å². The number of thiazole rings is 1. The molecule has 1 fully saturated rings. The van der Waals surface area contributed by atoms with Crippen LogP contribution < -0.4 is 19.8 Å². The molecule has 41 heavy (non-hydrogen) atoms. The van der Waals surface area contributed by atoms with Gasteiger partial charge in [0.05, 0.1) is 16.6 Å². The maximum absolute atomic E-state index is 14.0. The summed E-state index contributed by atoms with van der Waals surface area (Å²) in [5.41, 5.74) is 3.68. The Morgan fingerprint density at radius 2 is 1.78 bits per heavy atom. The van der Waals surface area contributed by atoms with Crippen LogP contribution in [0.5, 0.6) is 5.75 Å². The molecule has 3 heterocycles. The van der Waals surface area contributed by atoms with Crippen LogP contribution in [0.15, 0.2) is 76.6 Å². The number of ether oxygens (including phenoxy) is 1. The molecule has 0 unspecified atom stereocenters. The number of hydrogen-bond donors (Lipinski definition) is 2. The van der Waals surface area contributed by atoms with Gasteiger partial charge in [0, 0.05) is 27.1 Å². The molecule has 208 valence electrons. The maximum Gasteiger partial charge on any atom is 0.305 e. The van der Waals surface area contributed by atoms with E-state index in [4.69, 9.17) is 16.3 Å². The van der Waals surface area contributed by atoms with Gasteiger partial charge in [-0.15, -0.1) is 0 Å². The van der Waals surface area contributed by atoms with E-state index in [0.29, 0.717) is 37.6 Å². The van der Waals surface area contributed by atoms with Crippen molar-refractivity contribution in [2.75, 3.05) is 16.8 Å². The number of amides is 3. The number of aryl methyl sites for hydroxylation is 2. The highest BCUT2D eigenvalue weighted by molar-refractivity contribution is 8.00. The van der Waals surface area contributed by atoms with Gasteiger partial charge in [0.15, 0.2) is 6.61 Å². The largest absolute Gasteiger partial charge is 0.483 e. The first kappa shape index (κ1) is 27.3. The SMILES string of the molecule is Cc1ccc(N2C(=O)[C@H]3[C@H](c4cc(Cl)ccc4OCC(=O)Nc4cccc(C)c4)c4sc(=O)[nH]c4S[C@H]3C2=O)cc1. The lowest BCUT2D eigenvalue weighted by atomic mass is 9.82.